The van der Waals surface area contributed by atoms with Crippen LogP contribution in [-0.4, -0.2) is 38.3 Å². The second kappa shape index (κ2) is 8.44. The van der Waals surface area contributed by atoms with E-state index >= 15 is 0 Å². The molecule has 188 valence electrons. The van der Waals surface area contributed by atoms with Gasteiger partial charge in [0.2, 0.25) is 0 Å². The van der Waals surface area contributed by atoms with Gasteiger partial charge in [-0.05, 0) is 31.5 Å². The molecule has 0 radical (unpaired) electrons. The summed E-state index contributed by atoms with van der Waals surface area (Å²) in [5, 5.41) is 9.43. The molecule has 0 aliphatic heterocycles. The molecule has 0 aliphatic rings. The molecular weight excluding hydrogens is 493 g/mol. The third kappa shape index (κ3) is 4.13. The molecule has 4 rings (SSSR count). The van der Waals surface area contributed by atoms with Crippen molar-refractivity contribution in [2.75, 3.05) is 5.75 Å². The van der Waals surface area contributed by atoms with Crippen LogP contribution in [0.5, 0.6) is 0 Å². The van der Waals surface area contributed by atoms with Crippen LogP contribution in [0.4, 0.5) is 13.2 Å². The first kappa shape index (κ1) is 25.4. The van der Waals surface area contributed by atoms with Gasteiger partial charge < -0.3 is 9.13 Å². The third-order valence-corrected chi connectivity index (χ3v) is 7.93. The van der Waals surface area contributed by atoms with Crippen molar-refractivity contribution in [2.45, 2.75) is 37.4 Å². The zero-order valence-electron chi connectivity index (χ0n) is 20.2. The minimum atomic E-state index is -4.65. The number of pyridine rings is 1. The molecule has 3 heterocycles. The Labute approximate surface area is 206 Å². The Morgan fingerprint density at radius 2 is 1.75 bits per heavy atom. The number of hydrogen-bond acceptors (Lipinski definition) is 6. The highest BCUT2D eigenvalue weighted by Gasteiger charge is 2.34. The first-order chi connectivity index (χ1) is 16.7. The fourth-order valence-corrected chi connectivity index (χ4v) is 5.16. The van der Waals surface area contributed by atoms with E-state index in [9.17, 15) is 26.9 Å². The zero-order valence-corrected chi connectivity index (χ0v) is 21.0. The largest absolute Gasteiger partial charge is 0.433 e. The minimum Gasteiger partial charge on any atom is -0.324 e. The Hall–Kier alpha value is -3.72. The lowest BCUT2D eigenvalue weighted by Crippen LogP contribution is -2.14. The lowest BCUT2D eigenvalue weighted by molar-refractivity contribution is -0.141. The molecule has 36 heavy (non-hydrogen) atoms. The van der Waals surface area contributed by atoms with Crippen LogP contribution in [0.25, 0.3) is 33.9 Å². The number of nitriles is 1. The molecule has 0 spiro atoms. The fourth-order valence-electron chi connectivity index (χ4n) is 3.95. The van der Waals surface area contributed by atoms with Gasteiger partial charge in [0.15, 0.2) is 20.7 Å². The summed E-state index contributed by atoms with van der Waals surface area (Å²) in [6, 6.07) is 10.1. The normalized spacial score (nSPS) is 12.8. The second-order valence-electron chi connectivity index (χ2n) is 8.92. The molecule has 8 nitrogen and oxygen atoms in total. The van der Waals surface area contributed by atoms with Gasteiger partial charge in [0, 0.05) is 19.7 Å². The van der Waals surface area contributed by atoms with E-state index < -0.39 is 27.1 Å². The number of aromatic nitrogens is 5. The topological polar surface area (TPSA) is 106 Å². The van der Waals surface area contributed by atoms with Crippen molar-refractivity contribution in [1.82, 2.24) is 24.1 Å². The van der Waals surface area contributed by atoms with Gasteiger partial charge in [-0.2, -0.15) is 18.4 Å². The van der Waals surface area contributed by atoms with Gasteiger partial charge in [-0.25, -0.2) is 23.4 Å². The molecule has 0 unspecified atom stereocenters. The van der Waals surface area contributed by atoms with E-state index in [0.717, 1.165) is 17.8 Å². The number of nitrogens with zero attached hydrogens (tertiary/aromatic N) is 6. The zero-order chi connectivity index (χ0) is 26.6. The SMILES string of the molecule is CCS(=O)(=O)c1c(-c2nc3cc(C(F)(F)F)ncc3n2C)nc(-c2cccc(C(C)(C)C#N)c2)n1C. The Morgan fingerprint density at radius 3 is 2.36 bits per heavy atom. The molecule has 1 aromatic carbocycles. The molecule has 0 amide bonds. The van der Waals surface area contributed by atoms with Gasteiger partial charge in [-0.3, -0.25) is 0 Å². The summed E-state index contributed by atoms with van der Waals surface area (Å²) < 4.78 is 68.8. The van der Waals surface area contributed by atoms with Gasteiger partial charge in [0.05, 0.1) is 34.5 Å². The molecule has 0 saturated heterocycles. The molecule has 12 heteroatoms. The van der Waals surface area contributed by atoms with Crippen LogP contribution in [0.15, 0.2) is 41.6 Å². The smallest absolute Gasteiger partial charge is 0.324 e. The average molecular weight is 517 g/mol. The van der Waals surface area contributed by atoms with Crippen molar-refractivity contribution in [1.29, 1.82) is 5.26 Å². The van der Waals surface area contributed by atoms with E-state index in [1.165, 1.54) is 16.1 Å². The van der Waals surface area contributed by atoms with Crippen molar-refractivity contribution < 1.29 is 21.6 Å². The molecule has 0 N–H and O–H groups in total. The number of imidazole rings is 2. The molecule has 0 saturated carbocycles. The highest BCUT2D eigenvalue weighted by molar-refractivity contribution is 7.91. The highest BCUT2D eigenvalue weighted by Crippen LogP contribution is 2.36. The maximum absolute atomic E-state index is 13.2. The van der Waals surface area contributed by atoms with Crippen LogP contribution < -0.4 is 0 Å². The van der Waals surface area contributed by atoms with E-state index in [0.29, 0.717) is 16.9 Å². The summed E-state index contributed by atoms with van der Waals surface area (Å²) >= 11 is 0. The van der Waals surface area contributed by atoms with E-state index in [-0.39, 0.29) is 27.8 Å². The van der Waals surface area contributed by atoms with Crippen LogP contribution in [-0.2, 0) is 35.5 Å². The molecule has 0 bridgehead atoms. The van der Waals surface area contributed by atoms with E-state index in [2.05, 4.69) is 21.0 Å². The van der Waals surface area contributed by atoms with Gasteiger partial charge in [0.1, 0.15) is 17.2 Å². The molecule has 0 fully saturated rings. The monoisotopic (exact) mass is 516 g/mol. The predicted octanol–water partition coefficient (Wildman–Crippen LogP) is 4.65. The maximum atomic E-state index is 13.2. The summed E-state index contributed by atoms with van der Waals surface area (Å²) in [6.07, 6.45) is -3.59. The van der Waals surface area contributed by atoms with Crippen LogP contribution in [0, 0.1) is 11.3 Å². The summed E-state index contributed by atoms with van der Waals surface area (Å²) in [7, 11) is -0.705. The molecular formula is C24H23F3N6O2S. The quantitative estimate of drug-likeness (QED) is 0.382. The number of aryl methyl sites for hydroxylation is 1. The maximum Gasteiger partial charge on any atom is 0.433 e. The Balaban J connectivity index is 2.00. The van der Waals surface area contributed by atoms with E-state index in [1.54, 1.807) is 52.2 Å². The van der Waals surface area contributed by atoms with Gasteiger partial charge >= 0.3 is 6.18 Å². The summed E-state index contributed by atoms with van der Waals surface area (Å²) in [6.45, 7) is 5.04. The number of alkyl halides is 3. The molecule has 0 aliphatic carbocycles. The Bertz CT molecular complexity index is 1640. The van der Waals surface area contributed by atoms with Crippen LogP contribution in [0.3, 0.4) is 0 Å². The van der Waals surface area contributed by atoms with Crippen molar-refractivity contribution in [3.8, 4) is 29.0 Å². The van der Waals surface area contributed by atoms with Crippen molar-refractivity contribution in [3.63, 3.8) is 0 Å². The van der Waals surface area contributed by atoms with Crippen LogP contribution >= 0.6 is 0 Å². The van der Waals surface area contributed by atoms with Gasteiger partial charge in [-0.15, -0.1) is 0 Å². The summed E-state index contributed by atoms with van der Waals surface area (Å²) in [4.78, 5) is 12.4. The lowest BCUT2D eigenvalue weighted by Gasteiger charge is -2.16. The number of rotatable bonds is 5. The standard InChI is InChI=1S/C24H23F3N6O2S/c1-6-36(34,35)22-19(21-30-16-11-18(24(25,26)27)29-12-17(16)32(21)4)31-20(33(22)5)14-8-7-9-15(10-14)23(2,3)13-28/h7-12H,6H2,1-5H3. The Kier molecular flexibility index (Phi) is 5.95. The Morgan fingerprint density at radius 1 is 1.06 bits per heavy atom. The van der Waals surface area contributed by atoms with E-state index in [4.69, 9.17) is 0 Å². The first-order valence-corrected chi connectivity index (χ1v) is 12.6. The number of halogens is 3. The number of sulfone groups is 1. The number of hydrogen-bond donors (Lipinski definition) is 0. The minimum absolute atomic E-state index is 0.0136. The first-order valence-electron chi connectivity index (χ1n) is 10.9. The molecule has 0 atom stereocenters. The third-order valence-electron chi connectivity index (χ3n) is 6.11. The van der Waals surface area contributed by atoms with Crippen LogP contribution in [0.1, 0.15) is 32.0 Å². The lowest BCUT2D eigenvalue weighted by atomic mass is 9.85. The van der Waals surface area contributed by atoms with Crippen molar-refractivity contribution in [2.24, 2.45) is 14.1 Å². The average Bonchev–Trinajstić information content (AvgIpc) is 3.35. The van der Waals surface area contributed by atoms with Gasteiger partial charge in [-0.1, -0.05) is 25.1 Å². The number of benzene rings is 1. The van der Waals surface area contributed by atoms with Crippen molar-refractivity contribution >= 4 is 20.9 Å². The van der Waals surface area contributed by atoms with Gasteiger partial charge in [0.25, 0.3) is 0 Å². The predicted molar refractivity (Wildman–Crippen MR) is 128 cm³/mol. The van der Waals surface area contributed by atoms with E-state index in [1.807, 2.05) is 0 Å². The number of fused-ring (bicyclic) bond motifs is 1. The fraction of sp³-hybridized carbons (Fsp3) is 0.333. The molecule has 4 aromatic rings. The second-order valence-corrected chi connectivity index (χ2v) is 11.1. The summed E-state index contributed by atoms with van der Waals surface area (Å²) in [5.74, 6) is 0.187. The molecule has 3 aromatic heterocycles. The highest BCUT2D eigenvalue weighted by atomic mass is 32.2. The van der Waals surface area contributed by atoms with Crippen LogP contribution in [0.2, 0.25) is 0 Å². The van der Waals surface area contributed by atoms with Crippen molar-refractivity contribution in [3.05, 3.63) is 47.8 Å². The summed E-state index contributed by atoms with van der Waals surface area (Å²) in [5.41, 5.74) is -0.255.